The van der Waals surface area contributed by atoms with Crippen LogP contribution in [0.25, 0.3) is 17.0 Å². The van der Waals surface area contributed by atoms with E-state index in [1.807, 2.05) is 30.3 Å². The highest BCUT2D eigenvalue weighted by atomic mass is 16.5. The van der Waals surface area contributed by atoms with E-state index < -0.39 is 11.9 Å². The Morgan fingerprint density at radius 3 is 2.62 bits per heavy atom. The van der Waals surface area contributed by atoms with Crippen molar-refractivity contribution in [1.82, 2.24) is 0 Å². The second-order valence-electron chi connectivity index (χ2n) is 5.58. The summed E-state index contributed by atoms with van der Waals surface area (Å²) in [7, 11) is 0. The van der Waals surface area contributed by atoms with Crippen LogP contribution in [-0.2, 0) is 9.53 Å². The summed E-state index contributed by atoms with van der Waals surface area (Å²) in [6.07, 6.45) is 3.03. The third kappa shape index (κ3) is 3.83. The van der Waals surface area contributed by atoms with Crippen molar-refractivity contribution in [2.75, 3.05) is 6.61 Å². The smallest absolute Gasteiger partial charge is 0.342 e. The molecular formula is C21H18O5. The zero-order chi connectivity index (χ0) is 18.5. The lowest BCUT2D eigenvalue weighted by molar-refractivity contribution is -0.128. The van der Waals surface area contributed by atoms with Crippen molar-refractivity contribution in [3.63, 3.8) is 0 Å². The lowest BCUT2D eigenvalue weighted by atomic mass is 10.1. The van der Waals surface area contributed by atoms with Gasteiger partial charge < -0.3 is 13.9 Å². The molecule has 1 aromatic heterocycles. The molecule has 2 aromatic carbocycles. The first kappa shape index (κ1) is 17.5. The summed E-state index contributed by atoms with van der Waals surface area (Å²) in [5.74, 6) is -0.181. The van der Waals surface area contributed by atoms with Crippen LogP contribution in [0, 0.1) is 6.92 Å². The normalized spacial score (nSPS) is 11.0. The molecule has 1 heterocycles. The average molecular weight is 350 g/mol. The fourth-order valence-electron chi connectivity index (χ4n) is 2.60. The zero-order valence-corrected chi connectivity index (χ0v) is 14.5. The van der Waals surface area contributed by atoms with E-state index in [0.29, 0.717) is 28.0 Å². The van der Waals surface area contributed by atoms with Crippen molar-refractivity contribution in [1.29, 1.82) is 0 Å². The minimum absolute atomic E-state index is 0.268. The molecule has 0 fully saturated rings. The first-order valence-corrected chi connectivity index (χ1v) is 8.23. The fraction of sp³-hybridized carbons (Fsp3) is 0.143. The van der Waals surface area contributed by atoms with Crippen molar-refractivity contribution in [2.24, 2.45) is 0 Å². The van der Waals surface area contributed by atoms with Crippen LogP contribution in [0.2, 0.25) is 0 Å². The van der Waals surface area contributed by atoms with Crippen molar-refractivity contribution in [3.05, 3.63) is 71.5 Å². The number of furan rings is 1. The van der Waals surface area contributed by atoms with Gasteiger partial charge in [0.15, 0.2) is 0 Å². The van der Waals surface area contributed by atoms with E-state index in [4.69, 9.17) is 13.9 Å². The highest BCUT2D eigenvalue weighted by molar-refractivity contribution is 6.05. The number of rotatable bonds is 5. The molecule has 0 radical (unpaired) electrons. The topological polar surface area (TPSA) is 65.7 Å². The lowest BCUT2D eigenvalue weighted by Crippen LogP contribution is -2.06. The molecule has 0 unspecified atom stereocenters. The molecule has 3 rings (SSSR count). The number of carbonyl (C=O) groups is 2. The average Bonchev–Trinajstić information content (AvgIpc) is 2.96. The highest BCUT2D eigenvalue weighted by Crippen LogP contribution is 2.29. The van der Waals surface area contributed by atoms with E-state index in [9.17, 15) is 9.59 Å². The van der Waals surface area contributed by atoms with Crippen LogP contribution in [0.4, 0.5) is 0 Å². The second kappa shape index (κ2) is 7.70. The van der Waals surface area contributed by atoms with Crippen molar-refractivity contribution in [2.45, 2.75) is 13.8 Å². The standard InChI is InChI=1S/C21H18O5/c1-3-24-21(23)20-14(2)25-18-11-10-16(13-17(18)20)26-19(22)12-9-15-7-5-4-6-8-15/h4-13H,3H2,1-2H3/b12-9+. The van der Waals surface area contributed by atoms with E-state index >= 15 is 0 Å². The summed E-state index contributed by atoms with van der Waals surface area (Å²) in [6.45, 7) is 3.70. The van der Waals surface area contributed by atoms with Gasteiger partial charge in [0.2, 0.25) is 0 Å². The van der Waals surface area contributed by atoms with Crippen LogP contribution in [-0.4, -0.2) is 18.5 Å². The Labute approximate surface area is 150 Å². The lowest BCUT2D eigenvalue weighted by Gasteiger charge is -2.03. The third-order valence-corrected chi connectivity index (χ3v) is 3.74. The van der Waals surface area contributed by atoms with E-state index in [0.717, 1.165) is 5.56 Å². The Kier molecular flexibility index (Phi) is 5.17. The maximum absolute atomic E-state index is 12.1. The van der Waals surface area contributed by atoms with E-state index in [-0.39, 0.29) is 6.61 Å². The summed E-state index contributed by atoms with van der Waals surface area (Å²) in [5, 5.41) is 0.554. The molecule has 132 valence electrons. The van der Waals surface area contributed by atoms with Crippen LogP contribution in [0.3, 0.4) is 0 Å². The zero-order valence-electron chi connectivity index (χ0n) is 14.5. The van der Waals surface area contributed by atoms with Crippen molar-refractivity contribution < 1.29 is 23.5 Å². The maximum atomic E-state index is 12.1. The Hall–Kier alpha value is -3.34. The van der Waals surface area contributed by atoms with Gasteiger partial charge in [0.25, 0.3) is 0 Å². The van der Waals surface area contributed by atoms with Gasteiger partial charge in [-0.2, -0.15) is 0 Å². The van der Waals surface area contributed by atoms with Crippen molar-refractivity contribution in [3.8, 4) is 5.75 Å². The molecule has 0 atom stereocenters. The number of esters is 2. The van der Waals surface area contributed by atoms with Gasteiger partial charge in [-0.25, -0.2) is 9.59 Å². The summed E-state index contributed by atoms with van der Waals surface area (Å²) < 4.78 is 16.0. The molecule has 3 aromatic rings. The largest absolute Gasteiger partial charge is 0.462 e. The SMILES string of the molecule is CCOC(=O)c1c(C)oc2ccc(OC(=O)/C=C/c3ccccc3)cc12. The van der Waals surface area contributed by atoms with Gasteiger partial charge in [-0.05, 0) is 43.7 Å². The number of benzene rings is 2. The van der Waals surface area contributed by atoms with Crippen LogP contribution in [0.5, 0.6) is 5.75 Å². The molecule has 0 aliphatic rings. The summed E-state index contributed by atoms with van der Waals surface area (Å²) >= 11 is 0. The first-order chi connectivity index (χ1) is 12.6. The molecule has 0 saturated heterocycles. The predicted molar refractivity (Wildman–Crippen MR) is 98.0 cm³/mol. The van der Waals surface area contributed by atoms with E-state index in [2.05, 4.69) is 0 Å². The summed E-state index contributed by atoms with van der Waals surface area (Å²) in [4.78, 5) is 24.2. The molecule has 5 heteroatoms. The predicted octanol–water partition coefficient (Wildman–Crippen LogP) is 4.54. The molecule has 0 spiro atoms. The summed E-state index contributed by atoms with van der Waals surface area (Å²) in [6, 6.07) is 14.3. The molecule has 0 aliphatic heterocycles. The van der Waals surface area contributed by atoms with Crippen LogP contribution < -0.4 is 4.74 Å². The van der Waals surface area contributed by atoms with Gasteiger partial charge in [0.1, 0.15) is 22.7 Å². The number of aryl methyl sites for hydroxylation is 1. The fourth-order valence-corrected chi connectivity index (χ4v) is 2.60. The Bertz CT molecular complexity index is 967. The number of ether oxygens (including phenoxy) is 2. The molecule has 0 bridgehead atoms. The summed E-state index contributed by atoms with van der Waals surface area (Å²) in [5.41, 5.74) is 1.78. The van der Waals surface area contributed by atoms with Crippen LogP contribution >= 0.6 is 0 Å². The monoisotopic (exact) mass is 350 g/mol. The van der Waals surface area contributed by atoms with E-state index in [1.54, 1.807) is 38.1 Å². The Morgan fingerprint density at radius 1 is 1.12 bits per heavy atom. The number of hydrogen-bond acceptors (Lipinski definition) is 5. The van der Waals surface area contributed by atoms with Gasteiger partial charge in [0.05, 0.1) is 6.61 Å². The van der Waals surface area contributed by atoms with Gasteiger partial charge in [-0.3, -0.25) is 0 Å². The first-order valence-electron chi connectivity index (χ1n) is 8.23. The van der Waals surface area contributed by atoms with Gasteiger partial charge in [-0.1, -0.05) is 30.3 Å². The van der Waals surface area contributed by atoms with Crippen molar-refractivity contribution >= 4 is 29.0 Å². The highest BCUT2D eigenvalue weighted by Gasteiger charge is 2.20. The van der Waals surface area contributed by atoms with Gasteiger partial charge >= 0.3 is 11.9 Å². The maximum Gasteiger partial charge on any atom is 0.342 e. The number of fused-ring (bicyclic) bond motifs is 1. The molecular weight excluding hydrogens is 332 g/mol. The Balaban J connectivity index is 1.82. The molecule has 0 N–H and O–H groups in total. The van der Waals surface area contributed by atoms with Gasteiger partial charge in [-0.15, -0.1) is 0 Å². The number of hydrogen-bond donors (Lipinski definition) is 0. The minimum Gasteiger partial charge on any atom is -0.462 e. The molecule has 0 amide bonds. The third-order valence-electron chi connectivity index (χ3n) is 3.74. The van der Waals surface area contributed by atoms with Gasteiger partial charge in [0, 0.05) is 11.5 Å². The van der Waals surface area contributed by atoms with E-state index in [1.165, 1.54) is 6.08 Å². The quantitative estimate of drug-likeness (QED) is 0.384. The van der Waals surface area contributed by atoms with Crippen LogP contribution in [0.1, 0.15) is 28.6 Å². The molecule has 0 aliphatic carbocycles. The molecule has 0 saturated carbocycles. The molecule has 5 nitrogen and oxygen atoms in total. The number of carbonyl (C=O) groups excluding carboxylic acids is 2. The Morgan fingerprint density at radius 2 is 1.88 bits per heavy atom. The minimum atomic E-state index is -0.508. The second-order valence-corrected chi connectivity index (χ2v) is 5.58. The van der Waals surface area contributed by atoms with Crippen LogP contribution in [0.15, 0.2) is 59.0 Å². The molecule has 26 heavy (non-hydrogen) atoms.